The molecular formula is C30H30FO3S+. The first-order valence-electron chi connectivity index (χ1n) is 12.1. The fraction of sp³-hybridized carbons (Fsp3) is 0.300. The quantitative estimate of drug-likeness (QED) is 0.203. The molecule has 1 aromatic heterocycles. The van der Waals surface area contributed by atoms with Crippen molar-refractivity contribution >= 4 is 26.5 Å². The van der Waals surface area contributed by atoms with Gasteiger partial charge in [-0.15, -0.1) is 0 Å². The molecular weight excluding hydrogens is 459 g/mol. The number of thiophene rings is 1. The lowest BCUT2D eigenvalue weighted by Crippen LogP contribution is -2.32. The zero-order valence-electron chi connectivity index (χ0n) is 20.4. The predicted octanol–water partition coefficient (Wildman–Crippen LogP) is 8.03. The molecule has 1 saturated carbocycles. The summed E-state index contributed by atoms with van der Waals surface area (Å²) in [4.78, 5) is 14.1. The minimum absolute atomic E-state index is 0.109. The second kappa shape index (κ2) is 9.46. The monoisotopic (exact) mass is 489 g/mol. The molecule has 1 atom stereocenters. The maximum absolute atomic E-state index is 13.9. The topological polar surface area (TPSA) is 35.5 Å². The van der Waals surface area contributed by atoms with Crippen LogP contribution < -0.4 is 4.74 Å². The van der Waals surface area contributed by atoms with Crippen molar-refractivity contribution in [2.45, 2.75) is 52.1 Å². The van der Waals surface area contributed by atoms with Crippen molar-refractivity contribution in [1.82, 2.24) is 0 Å². The van der Waals surface area contributed by atoms with Crippen LogP contribution in [0.25, 0.3) is 15.0 Å². The van der Waals surface area contributed by atoms with Crippen LogP contribution in [0.4, 0.5) is 4.39 Å². The SMILES string of the molecule is Cc1cc(-[s+]2cc(C)c3ccccc32)cc(C)c1OCC(=O)OC1(c2cccc(F)c2)CCCC1. The van der Waals surface area contributed by atoms with E-state index in [1.165, 1.54) is 32.7 Å². The average molecular weight is 490 g/mol. The third-order valence-electron chi connectivity index (χ3n) is 6.94. The molecule has 1 fully saturated rings. The minimum atomic E-state index is -0.766. The van der Waals surface area contributed by atoms with Crippen LogP contribution >= 0.6 is 10.5 Å². The van der Waals surface area contributed by atoms with Crippen LogP contribution in [0, 0.1) is 26.6 Å². The third-order valence-corrected chi connectivity index (χ3v) is 9.10. The molecule has 0 N–H and O–H groups in total. The summed E-state index contributed by atoms with van der Waals surface area (Å²) in [7, 11) is -0.109. The maximum Gasteiger partial charge on any atom is 0.345 e. The summed E-state index contributed by atoms with van der Waals surface area (Å²) in [6.45, 7) is 6.02. The zero-order chi connectivity index (χ0) is 24.6. The van der Waals surface area contributed by atoms with Crippen LogP contribution in [0.2, 0.25) is 0 Å². The molecule has 0 amide bonds. The average Bonchev–Trinajstić information content (AvgIpc) is 3.44. The number of esters is 1. The second-order valence-electron chi connectivity index (χ2n) is 9.50. The number of hydrogen-bond acceptors (Lipinski definition) is 3. The Morgan fingerprint density at radius 3 is 2.37 bits per heavy atom. The van der Waals surface area contributed by atoms with E-state index in [0.717, 1.165) is 29.5 Å². The van der Waals surface area contributed by atoms with Gasteiger partial charge in [0, 0.05) is 33.6 Å². The largest absolute Gasteiger partial charge is 0.481 e. The first kappa shape index (κ1) is 23.6. The summed E-state index contributed by atoms with van der Waals surface area (Å²) in [5.74, 6) is -0.0269. The van der Waals surface area contributed by atoms with Crippen LogP contribution in [0.3, 0.4) is 0 Å². The molecule has 1 unspecified atom stereocenters. The summed E-state index contributed by atoms with van der Waals surface area (Å²) < 4.78 is 27.2. The van der Waals surface area contributed by atoms with E-state index >= 15 is 0 Å². The molecule has 3 aromatic carbocycles. The molecule has 0 spiro atoms. The normalized spacial score (nSPS) is 15.4. The molecule has 4 aromatic rings. The Bertz CT molecular complexity index is 1380. The number of fused-ring (bicyclic) bond motifs is 1. The van der Waals surface area contributed by atoms with Gasteiger partial charge in [-0.2, -0.15) is 0 Å². The number of carbonyl (C=O) groups is 1. The van der Waals surface area contributed by atoms with Gasteiger partial charge in [-0.1, -0.05) is 24.3 Å². The molecule has 1 aliphatic rings. The molecule has 0 bridgehead atoms. The molecule has 3 nitrogen and oxygen atoms in total. The number of halogens is 1. The van der Waals surface area contributed by atoms with Crippen LogP contribution in [0.1, 0.15) is 47.9 Å². The van der Waals surface area contributed by atoms with Crippen molar-refractivity contribution in [3.63, 3.8) is 0 Å². The van der Waals surface area contributed by atoms with Crippen molar-refractivity contribution in [2.24, 2.45) is 0 Å². The number of rotatable bonds is 6. The first-order valence-corrected chi connectivity index (χ1v) is 13.4. The fourth-order valence-electron chi connectivity index (χ4n) is 5.29. The lowest BCUT2D eigenvalue weighted by molar-refractivity contribution is -0.163. The zero-order valence-corrected chi connectivity index (χ0v) is 21.2. The van der Waals surface area contributed by atoms with Gasteiger partial charge >= 0.3 is 5.97 Å². The van der Waals surface area contributed by atoms with E-state index in [-0.39, 0.29) is 22.9 Å². The minimum Gasteiger partial charge on any atom is -0.481 e. The van der Waals surface area contributed by atoms with Gasteiger partial charge in [0.1, 0.15) is 22.5 Å². The first-order chi connectivity index (χ1) is 16.9. The number of aryl methyl sites for hydroxylation is 3. The molecule has 1 heterocycles. The summed E-state index contributed by atoms with van der Waals surface area (Å²) in [6.07, 6.45) is 3.30. The van der Waals surface area contributed by atoms with Crippen LogP contribution in [-0.2, 0) is 15.1 Å². The third kappa shape index (κ3) is 4.57. The van der Waals surface area contributed by atoms with Crippen molar-refractivity contribution in [3.05, 3.63) is 94.1 Å². The van der Waals surface area contributed by atoms with Gasteiger partial charge < -0.3 is 9.47 Å². The van der Waals surface area contributed by atoms with E-state index in [9.17, 15) is 9.18 Å². The van der Waals surface area contributed by atoms with Crippen molar-refractivity contribution in [3.8, 4) is 10.6 Å². The molecule has 1 aliphatic carbocycles. The number of ether oxygens (including phenoxy) is 2. The van der Waals surface area contributed by atoms with Gasteiger partial charge in [-0.05, 0) is 87.4 Å². The molecule has 5 heteroatoms. The van der Waals surface area contributed by atoms with Gasteiger partial charge in [0.05, 0.1) is 0 Å². The molecule has 0 radical (unpaired) electrons. The molecule has 5 rings (SSSR count). The van der Waals surface area contributed by atoms with Crippen LogP contribution in [0.5, 0.6) is 5.75 Å². The lowest BCUT2D eigenvalue weighted by atomic mass is 9.92. The molecule has 35 heavy (non-hydrogen) atoms. The standard InChI is InChI=1S/C30H30FO3S/c1-20-15-25(35-19-22(3)26-11-4-5-12-27(26)35)16-21(2)29(20)33-18-28(32)34-30(13-6-7-14-30)23-9-8-10-24(31)17-23/h4-5,8-12,15-17,19H,6-7,13-14,18H2,1-3H3/q+1. The number of carbonyl (C=O) groups excluding carboxylic acids is 1. The summed E-state index contributed by atoms with van der Waals surface area (Å²) in [5.41, 5.74) is 3.26. The summed E-state index contributed by atoms with van der Waals surface area (Å²) >= 11 is 0. The van der Waals surface area contributed by atoms with Gasteiger partial charge in [-0.25, -0.2) is 9.18 Å². The van der Waals surface area contributed by atoms with Gasteiger partial charge in [0.2, 0.25) is 0 Å². The van der Waals surface area contributed by atoms with E-state index < -0.39 is 11.6 Å². The van der Waals surface area contributed by atoms with E-state index in [1.807, 2.05) is 19.9 Å². The highest BCUT2D eigenvalue weighted by molar-refractivity contribution is 7.43. The number of benzene rings is 3. The highest BCUT2D eigenvalue weighted by atomic mass is 32.2. The van der Waals surface area contributed by atoms with Gasteiger partial charge in [0.25, 0.3) is 0 Å². The van der Waals surface area contributed by atoms with Crippen LogP contribution in [-0.4, -0.2) is 12.6 Å². The van der Waals surface area contributed by atoms with Crippen molar-refractivity contribution in [1.29, 1.82) is 0 Å². The predicted molar refractivity (Wildman–Crippen MR) is 140 cm³/mol. The van der Waals surface area contributed by atoms with E-state index in [2.05, 4.69) is 48.7 Å². The Morgan fingerprint density at radius 2 is 1.66 bits per heavy atom. The maximum atomic E-state index is 13.9. The Morgan fingerprint density at radius 1 is 0.943 bits per heavy atom. The molecule has 0 aliphatic heterocycles. The van der Waals surface area contributed by atoms with E-state index in [1.54, 1.807) is 6.07 Å². The highest BCUT2D eigenvalue weighted by Gasteiger charge is 2.40. The molecule has 0 saturated heterocycles. The fourth-order valence-corrected chi connectivity index (χ4v) is 7.59. The Balaban J connectivity index is 1.34. The Hall–Kier alpha value is -3.18. The van der Waals surface area contributed by atoms with Crippen molar-refractivity contribution < 1.29 is 18.7 Å². The van der Waals surface area contributed by atoms with E-state index in [4.69, 9.17) is 9.47 Å². The summed E-state index contributed by atoms with van der Waals surface area (Å²) in [5, 5.41) is 3.65. The van der Waals surface area contributed by atoms with Gasteiger partial charge in [-0.3, -0.25) is 0 Å². The van der Waals surface area contributed by atoms with Crippen molar-refractivity contribution in [2.75, 3.05) is 6.61 Å². The number of hydrogen-bond donors (Lipinski definition) is 0. The van der Waals surface area contributed by atoms with Crippen LogP contribution in [0.15, 0.2) is 66.0 Å². The second-order valence-corrected chi connectivity index (χ2v) is 11.3. The smallest absolute Gasteiger partial charge is 0.345 e. The van der Waals surface area contributed by atoms with E-state index in [0.29, 0.717) is 18.6 Å². The highest BCUT2D eigenvalue weighted by Crippen LogP contribution is 2.44. The van der Waals surface area contributed by atoms with Gasteiger partial charge in [0.15, 0.2) is 16.2 Å². The molecule has 180 valence electrons. The summed E-state index contributed by atoms with van der Waals surface area (Å²) in [6, 6.07) is 19.3. The Labute approximate surface area is 208 Å². The Kier molecular flexibility index (Phi) is 6.37. The lowest BCUT2D eigenvalue weighted by Gasteiger charge is -2.29.